The monoisotopic (exact) mass is 499 g/mol. The summed E-state index contributed by atoms with van der Waals surface area (Å²) in [5, 5.41) is 0. The summed E-state index contributed by atoms with van der Waals surface area (Å²) in [4.78, 5) is 18.0. The van der Waals surface area contributed by atoms with Gasteiger partial charge in [-0.15, -0.1) is 23.1 Å². The van der Waals surface area contributed by atoms with Crippen molar-refractivity contribution in [3.05, 3.63) is 86.8 Å². The van der Waals surface area contributed by atoms with Crippen LogP contribution in [0, 0.1) is 20.8 Å². The number of hydrogen-bond acceptors (Lipinski definition) is 6. The summed E-state index contributed by atoms with van der Waals surface area (Å²) in [6.45, 7) is 7.85. The smallest absolute Gasteiger partial charge is 0.261 e. The first-order valence-electron chi connectivity index (χ1n) is 10.5. The Morgan fingerprint density at radius 1 is 1.06 bits per heavy atom. The van der Waals surface area contributed by atoms with Crippen molar-refractivity contribution in [1.29, 1.82) is 0 Å². The highest BCUT2D eigenvalue weighted by molar-refractivity contribution is 8.01. The number of benzene rings is 2. The maximum atomic E-state index is 13.0. The molecule has 0 saturated heterocycles. The van der Waals surface area contributed by atoms with Gasteiger partial charge in [-0.3, -0.25) is 9.29 Å². The third-order valence-corrected chi connectivity index (χ3v) is 9.59. The lowest BCUT2D eigenvalue weighted by atomic mass is 10.0. The van der Waals surface area contributed by atoms with Gasteiger partial charge in [-0.1, -0.05) is 55.0 Å². The fourth-order valence-electron chi connectivity index (χ4n) is 3.47. The maximum absolute atomic E-state index is 13.0. The molecule has 9 heteroatoms. The van der Waals surface area contributed by atoms with Crippen LogP contribution in [0.5, 0.6) is 0 Å². The predicted octanol–water partition coefficient (Wildman–Crippen LogP) is 5.35. The van der Waals surface area contributed by atoms with Crippen LogP contribution in [0.3, 0.4) is 0 Å². The van der Waals surface area contributed by atoms with Crippen LogP contribution in [0.25, 0.3) is 5.69 Å². The van der Waals surface area contributed by atoms with E-state index in [0.29, 0.717) is 5.69 Å². The molecular formula is C24H25N3O3S3. The number of anilines is 1. The van der Waals surface area contributed by atoms with Crippen molar-refractivity contribution in [3.63, 3.8) is 0 Å². The molecule has 6 nitrogen and oxygen atoms in total. The number of hydrogen-bond donors (Lipinski definition) is 1. The maximum Gasteiger partial charge on any atom is 0.354 e. The highest BCUT2D eigenvalue weighted by atomic mass is 32.2. The molecule has 0 saturated carbocycles. The lowest BCUT2D eigenvalue weighted by molar-refractivity contribution is 0.601. The van der Waals surface area contributed by atoms with Gasteiger partial charge in [-0.05, 0) is 44.4 Å². The number of thioether (sulfide) groups is 1. The first-order chi connectivity index (χ1) is 15.7. The van der Waals surface area contributed by atoms with Crippen molar-refractivity contribution in [1.82, 2.24) is 9.55 Å². The van der Waals surface area contributed by atoms with E-state index < -0.39 is 15.7 Å². The van der Waals surface area contributed by atoms with Crippen molar-refractivity contribution in [3.8, 4) is 5.69 Å². The number of rotatable bonds is 7. The zero-order valence-electron chi connectivity index (χ0n) is 18.8. The summed E-state index contributed by atoms with van der Waals surface area (Å²) in [5.41, 5.74) is 2.97. The minimum Gasteiger partial charge on any atom is -0.261 e. The molecule has 1 N–H and O–H groups in total. The second-order valence-electron chi connectivity index (χ2n) is 8.00. The average Bonchev–Trinajstić information content (AvgIpc) is 3.11. The van der Waals surface area contributed by atoms with E-state index in [0.717, 1.165) is 26.1 Å². The second-order valence-corrected chi connectivity index (χ2v) is 12.2. The van der Waals surface area contributed by atoms with E-state index in [9.17, 15) is 13.2 Å². The van der Waals surface area contributed by atoms with E-state index in [4.69, 9.17) is 0 Å². The van der Waals surface area contributed by atoms with Gasteiger partial charge < -0.3 is 0 Å². The number of sulfonamides is 1. The molecule has 0 unspecified atom stereocenters. The molecule has 0 spiro atoms. The number of nitrogens with zero attached hydrogens (tertiary/aromatic N) is 2. The highest BCUT2D eigenvalue weighted by Crippen LogP contribution is 2.40. The second kappa shape index (κ2) is 9.32. The lowest BCUT2D eigenvalue weighted by Crippen LogP contribution is -2.17. The molecule has 172 valence electrons. The Kier molecular flexibility index (Phi) is 6.65. The molecule has 0 radical (unpaired) electrons. The van der Waals surface area contributed by atoms with Gasteiger partial charge in [0.25, 0.3) is 10.0 Å². The van der Waals surface area contributed by atoms with Crippen LogP contribution in [0.2, 0.25) is 0 Å². The van der Waals surface area contributed by atoms with Gasteiger partial charge in [0.05, 0.1) is 9.10 Å². The molecule has 0 aromatic heterocycles. The molecule has 0 fully saturated rings. The number of aromatic nitrogens is 2. The van der Waals surface area contributed by atoms with Gasteiger partial charge in [-0.25, -0.2) is 13.2 Å². The number of aryl methyl sites for hydroxylation is 2. The fraction of sp³-hybridized carbons (Fsp3) is 0.250. The van der Waals surface area contributed by atoms with Gasteiger partial charge >= 0.3 is 5.69 Å². The topological polar surface area (TPSA) is 81.1 Å². The molecular weight excluding hydrogens is 474 g/mol. The molecule has 0 amide bonds. The van der Waals surface area contributed by atoms with Gasteiger partial charge in [0.2, 0.25) is 0 Å². The number of nitrogens with one attached hydrogen (secondary N) is 1. The van der Waals surface area contributed by atoms with Crippen molar-refractivity contribution >= 4 is 38.9 Å². The van der Waals surface area contributed by atoms with Crippen molar-refractivity contribution in [2.24, 2.45) is 0 Å². The van der Waals surface area contributed by atoms with Gasteiger partial charge in [0.1, 0.15) is 5.69 Å². The highest BCUT2D eigenvalue weighted by Gasteiger charge is 2.27. The summed E-state index contributed by atoms with van der Waals surface area (Å²) >= 11 is 3.16. The summed E-state index contributed by atoms with van der Waals surface area (Å²) in [6, 6.07) is 16.8. The quantitative estimate of drug-likeness (QED) is 0.347. The lowest BCUT2D eigenvalue weighted by Gasteiger charge is -2.17. The average molecular weight is 500 g/mol. The van der Waals surface area contributed by atoms with Crippen LogP contribution in [-0.4, -0.2) is 23.7 Å². The molecule has 2 heterocycles. The van der Waals surface area contributed by atoms with Crippen molar-refractivity contribution < 1.29 is 8.42 Å². The zero-order valence-corrected chi connectivity index (χ0v) is 21.3. The predicted molar refractivity (Wildman–Crippen MR) is 136 cm³/mol. The Balaban J connectivity index is 1.72. The Morgan fingerprint density at radius 3 is 2.39 bits per heavy atom. The van der Waals surface area contributed by atoms with E-state index in [-0.39, 0.29) is 16.6 Å². The van der Waals surface area contributed by atoms with E-state index in [1.807, 2.05) is 39.0 Å². The minimum atomic E-state index is -3.89. The van der Waals surface area contributed by atoms with Gasteiger partial charge in [0, 0.05) is 16.3 Å². The largest absolute Gasteiger partial charge is 0.354 e. The van der Waals surface area contributed by atoms with Gasteiger partial charge in [-0.2, -0.15) is 4.98 Å². The van der Waals surface area contributed by atoms with Gasteiger partial charge in [0.15, 0.2) is 5.82 Å². The normalized spacial score (nSPS) is 12.7. The third-order valence-electron chi connectivity index (χ3n) is 5.53. The van der Waals surface area contributed by atoms with Crippen LogP contribution in [-0.2, 0) is 10.0 Å². The molecule has 0 aliphatic carbocycles. The summed E-state index contributed by atoms with van der Waals surface area (Å²) < 4.78 is 31.0. The van der Waals surface area contributed by atoms with E-state index in [1.165, 1.54) is 10.1 Å². The van der Waals surface area contributed by atoms with E-state index >= 15 is 0 Å². The fourth-order valence-corrected chi connectivity index (χ4v) is 7.01. The van der Waals surface area contributed by atoms with E-state index in [2.05, 4.69) is 28.8 Å². The van der Waals surface area contributed by atoms with Crippen LogP contribution in [0.4, 0.5) is 5.82 Å². The molecule has 4 rings (SSSR count). The first-order valence-corrected chi connectivity index (χ1v) is 13.8. The number of fused-ring (bicyclic) bond motifs is 1. The third kappa shape index (κ3) is 4.85. The van der Waals surface area contributed by atoms with Crippen LogP contribution in [0.1, 0.15) is 34.5 Å². The zero-order chi connectivity index (χ0) is 23.8. The molecule has 2 aromatic carbocycles. The Labute approximate surface area is 202 Å². The summed E-state index contributed by atoms with van der Waals surface area (Å²) in [7, 11) is -3.89. The molecule has 1 atom stereocenters. The van der Waals surface area contributed by atoms with Crippen molar-refractivity contribution in [2.75, 3.05) is 10.5 Å². The van der Waals surface area contributed by atoms with E-state index in [1.54, 1.807) is 47.4 Å². The summed E-state index contributed by atoms with van der Waals surface area (Å²) in [6.07, 6.45) is 0. The van der Waals surface area contributed by atoms with Crippen molar-refractivity contribution in [2.45, 2.75) is 42.7 Å². The molecule has 2 aromatic rings. The number of imidazole rings is 1. The van der Waals surface area contributed by atoms with Crippen LogP contribution in [0.15, 0.2) is 68.5 Å². The Morgan fingerprint density at radius 2 is 1.73 bits per heavy atom. The molecule has 2 aliphatic heterocycles. The van der Waals surface area contributed by atoms with Crippen LogP contribution < -0.4 is 10.4 Å². The Hall–Kier alpha value is -2.62. The Bertz CT molecular complexity index is 1410. The summed E-state index contributed by atoms with van der Waals surface area (Å²) in [5.74, 6) is 1.13. The molecule has 0 bridgehead atoms. The minimum absolute atomic E-state index is 0.0646. The standard InChI is InChI=1S/C24H25N3O3S3/c1-15-10-12-20(13-11-15)33(29,30)26-22-21-23(31-14-16(2)19-8-6-5-7-9-19)32-18(4)17(3)27(21)24(28)25-22/h5-13,16H,14H2,1-4H3,(H,25,26,28)/t16-/m1/s1. The van der Waals surface area contributed by atoms with Crippen LogP contribution >= 0.6 is 23.1 Å². The SMILES string of the molecule is Cc1ccc(S(=O)(=O)Nc2nc(=O)n3c(C)c(C)sc(SC[C@@H](C)c4ccccc4)c2-3)cc1. The molecule has 2 aliphatic rings. The first kappa shape index (κ1) is 23.5. The molecule has 33 heavy (non-hydrogen) atoms.